The van der Waals surface area contributed by atoms with Gasteiger partial charge < -0.3 is 0 Å². The Bertz CT molecular complexity index is 896. The minimum atomic E-state index is 0.0242. The number of aromatic nitrogens is 2. The second-order valence-corrected chi connectivity index (χ2v) is 6.65. The molecule has 112 valence electrons. The highest BCUT2D eigenvalue weighted by Gasteiger charge is 2.17. The molecule has 4 nitrogen and oxygen atoms in total. The van der Waals surface area contributed by atoms with Crippen molar-refractivity contribution in [2.75, 3.05) is 6.54 Å². The second kappa shape index (κ2) is 5.34. The Labute approximate surface area is 132 Å². The summed E-state index contributed by atoms with van der Waals surface area (Å²) in [6.45, 7) is 4.62. The van der Waals surface area contributed by atoms with E-state index in [4.69, 9.17) is 0 Å². The van der Waals surface area contributed by atoms with E-state index in [1.165, 1.54) is 22.5 Å². The summed E-state index contributed by atoms with van der Waals surface area (Å²) >= 11 is 1.53. The first-order valence-corrected chi connectivity index (χ1v) is 8.34. The van der Waals surface area contributed by atoms with Crippen molar-refractivity contribution in [1.82, 2.24) is 14.3 Å². The Hall–Kier alpha value is -1.98. The van der Waals surface area contributed by atoms with E-state index in [1.54, 1.807) is 10.5 Å². The van der Waals surface area contributed by atoms with Gasteiger partial charge in [-0.25, -0.2) is 4.98 Å². The maximum atomic E-state index is 12.2. The number of hydrogen-bond donors (Lipinski definition) is 0. The number of thiazole rings is 1. The van der Waals surface area contributed by atoms with Gasteiger partial charge in [0.1, 0.15) is 0 Å². The SMILES string of the molecule is Cc1csc2nc(CN3CCc4ccccc4C3)cc(=O)n12. The standard InChI is InChI=1S/C17H17N3OS/c1-12-11-22-17-18-15(8-16(21)20(12)17)10-19-7-6-13-4-2-3-5-14(13)9-19/h2-5,8,11H,6-7,9-10H2,1H3. The molecule has 2 aromatic heterocycles. The molecule has 22 heavy (non-hydrogen) atoms. The minimum Gasteiger partial charge on any atom is -0.293 e. The van der Waals surface area contributed by atoms with Gasteiger partial charge in [0.15, 0.2) is 4.96 Å². The van der Waals surface area contributed by atoms with Gasteiger partial charge in [0.2, 0.25) is 0 Å². The summed E-state index contributed by atoms with van der Waals surface area (Å²) in [5.41, 5.74) is 4.67. The third kappa shape index (κ3) is 2.36. The van der Waals surface area contributed by atoms with Crippen LogP contribution in [-0.2, 0) is 19.5 Å². The zero-order valence-corrected chi connectivity index (χ0v) is 13.3. The first-order chi connectivity index (χ1) is 10.7. The Kier molecular flexibility index (Phi) is 3.32. The van der Waals surface area contributed by atoms with E-state index < -0.39 is 0 Å². The van der Waals surface area contributed by atoms with Gasteiger partial charge in [-0.2, -0.15) is 0 Å². The fraction of sp³-hybridized carbons (Fsp3) is 0.294. The average molecular weight is 311 g/mol. The van der Waals surface area contributed by atoms with E-state index in [0.717, 1.165) is 42.4 Å². The van der Waals surface area contributed by atoms with Crippen molar-refractivity contribution in [3.8, 4) is 0 Å². The van der Waals surface area contributed by atoms with Crippen molar-refractivity contribution in [1.29, 1.82) is 0 Å². The van der Waals surface area contributed by atoms with Crippen molar-refractivity contribution in [2.45, 2.75) is 26.4 Å². The molecule has 3 aromatic rings. The van der Waals surface area contributed by atoms with Crippen molar-refractivity contribution in [3.05, 3.63) is 68.6 Å². The molecule has 0 radical (unpaired) electrons. The lowest BCUT2D eigenvalue weighted by Crippen LogP contribution is -2.31. The Morgan fingerprint density at radius 3 is 2.95 bits per heavy atom. The highest BCUT2D eigenvalue weighted by Crippen LogP contribution is 2.20. The molecule has 0 saturated carbocycles. The second-order valence-electron chi connectivity index (χ2n) is 5.81. The van der Waals surface area contributed by atoms with Gasteiger partial charge in [-0.05, 0) is 24.5 Å². The molecule has 4 rings (SSSR count). The van der Waals surface area contributed by atoms with Crippen LogP contribution in [0.1, 0.15) is 22.5 Å². The molecule has 3 heterocycles. The zero-order valence-electron chi connectivity index (χ0n) is 12.5. The van der Waals surface area contributed by atoms with Crippen LogP contribution in [0.4, 0.5) is 0 Å². The van der Waals surface area contributed by atoms with Crippen LogP contribution in [0.25, 0.3) is 4.96 Å². The average Bonchev–Trinajstić information content (AvgIpc) is 2.89. The van der Waals surface area contributed by atoms with Crippen molar-refractivity contribution in [2.24, 2.45) is 0 Å². The number of benzene rings is 1. The molecule has 0 fully saturated rings. The van der Waals surface area contributed by atoms with E-state index in [1.807, 2.05) is 12.3 Å². The smallest absolute Gasteiger partial charge is 0.259 e. The molecule has 0 amide bonds. The fourth-order valence-electron chi connectivity index (χ4n) is 3.10. The van der Waals surface area contributed by atoms with Crippen molar-refractivity contribution in [3.63, 3.8) is 0 Å². The van der Waals surface area contributed by atoms with Gasteiger partial charge in [0.25, 0.3) is 5.56 Å². The topological polar surface area (TPSA) is 37.6 Å². The summed E-state index contributed by atoms with van der Waals surface area (Å²) < 4.78 is 1.68. The van der Waals surface area contributed by atoms with Gasteiger partial charge in [0, 0.05) is 36.8 Å². The van der Waals surface area contributed by atoms with Crippen molar-refractivity contribution < 1.29 is 0 Å². The molecule has 0 spiro atoms. The lowest BCUT2D eigenvalue weighted by Gasteiger charge is -2.28. The third-order valence-electron chi connectivity index (χ3n) is 4.22. The molecular formula is C17H17N3OS. The number of aryl methyl sites for hydroxylation is 1. The van der Waals surface area contributed by atoms with Crippen LogP contribution in [0.3, 0.4) is 0 Å². The monoisotopic (exact) mass is 311 g/mol. The lowest BCUT2D eigenvalue weighted by atomic mass is 10.00. The Balaban J connectivity index is 1.61. The molecule has 1 aliphatic rings. The van der Waals surface area contributed by atoms with Crippen LogP contribution in [0, 0.1) is 6.92 Å². The number of hydrogen-bond acceptors (Lipinski definition) is 4. The molecular weight excluding hydrogens is 294 g/mol. The summed E-state index contributed by atoms with van der Waals surface area (Å²) in [5.74, 6) is 0. The number of nitrogens with zero attached hydrogens (tertiary/aromatic N) is 3. The van der Waals surface area contributed by atoms with Crippen LogP contribution in [0.15, 0.2) is 40.5 Å². The molecule has 0 atom stereocenters. The molecule has 0 aliphatic carbocycles. The molecule has 0 saturated heterocycles. The third-order valence-corrected chi connectivity index (χ3v) is 5.17. The van der Waals surface area contributed by atoms with Crippen LogP contribution < -0.4 is 5.56 Å². The molecule has 0 unspecified atom stereocenters. The predicted octanol–water partition coefficient (Wildman–Crippen LogP) is 2.62. The summed E-state index contributed by atoms with van der Waals surface area (Å²) in [6.07, 6.45) is 1.06. The first-order valence-electron chi connectivity index (χ1n) is 7.46. The largest absolute Gasteiger partial charge is 0.293 e. The van der Waals surface area contributed by atoms with Gasteiger partial charge in [-0.15, -0.1) is 11.3 Å². The van der Waals surface area contributed by atoms with Gasteiger partial charge in [0.05, 0.1) is 5.69 Å². The Morgan fingerprint density at radius 1 is 1.27 bits per heavy atom. The first kappa shape index (κ1) is 13.7. The van der Waals surface area contributed by atoms with Crippen LogP contribution in [-0.4, -0.2) is 20.8 Å². The maximum absolute atomic E-state index is 12.2. The van der Waals surface area contributed by atoms with E-state index >= 15 is 0 Å². The lowest BCUT2D eigenvalue weighted by molar-refractivity contribution is 0.243. The molecule has 1 aliphatic heterocycles. The highest BCUT2D eigenvalue weighted by molar-refractivity contribution is 7.15. The number of rotatable bonds is 2. The Morgan fingerprint density at radius 2 is 2.09 bits per heavy atom. The van der Waals surface area contributed by atoms with Crippen LogP contribution in [0.5, 0.6) is 0 Å². The van der Waals surface area contributed by atoms with Gasteiger partial charge in [-0.3, -0.25) is 14.1 Å². The van der Waals surface area contributed by atoms with E-state index in [-0.39, 0.29) is 5.56 Å². The van der Waals surface area contributed by atoms with Gasteiger partial charge in [-0.1, -0.05) is 24.3 Å². The quantitative estimate of drug-likeness (QED) is 0.730. The van der Waals surface area contributed by atoms with Crippen LogP contribution in [0.2, 0.25) is 0 Å². The molecule has 5 heteroatoms. The normalized spacial score (nSPS) is 15.1. The summed E-state index contributed by atoms with van der Waals surface area (Å²) in [6, 6.07) is 10.3. The summed E-state index contributed by atoms with van der Waals surface area (Å²) in [5, 5.41) is 1.98. The molecule has 0 N–H and O–H groups in total. The zero-order chi connectivity index (χ0) is 15.1. The van der Waals surface area contributed by atoms with Crippen molar-refractivity contribution >= 4 is 16.3 Å². The van der Waals surface area contributed by atoms with Crippen LogP contribution >= 0.6 is 11.3 Å². The number of fused-ring (bicyclic) bond motifs is 2. The maximum Gasteiger partial charge on any atom is 0.259 e. The molecule has 0 bridgehead atoms. The van der Waals surface area contributed by atoms with E-state index in [2.05, 4.69) is 34.1 Å². The summed E-state index contributed by atoms with van der Waals surface area (Å²) in [7, 11) is 0. The molecule has 1 aromatic carbocycles. The predicted molar refractivity (Wildman–Crippen MR) is 88.3 cm³/mol. The fourth-order valence-corrected chi connectivity index (χ4v) is 3.99. The van der Waals surface area contributed by atoms with E-state index in [0.29, 0.717) is 0 Å². The van der Waals surface area contributed by atoms with Gasteiger partial charge >= 0.3 is 0 Å². The highest BCUT2D eigenvalue weighted by atomic mass is 32.1. The minimum absolute atomic E-state index is 0.0242. The summed E-state index contributed by atoms with van der Waals surface area (Å²) in [4.78, 5) is 20.0. The van der Waals surface area contributed by atoms with E-state index in [9.17, 15) is 4.79 Å².